The lowest BCUT2D eigenvalue weighted by Gasteiger charge is -2.17. The molecule has 0 bridgehead atoms. The smallest absolute Gasteiger partial charge is 0.305 e. The van der Waals surface area contributed by atoms with Gasteiger partial charge >= 0.3 is 5.97 Å². The first-order valence-corrected chi connectivity index (χ1v) is 8.49. The number of nitrogens with one attached hydrogen (secondary N) is 1. The Labute approximate surface area is 139 Å². The maximum Gasteiger partial charge on any atom is 0.305 e. The zero-order valence-corrected chi connectivity index (χ0v) is 13.7. The van der Waals surface area contributed by atoms with Crippen LogP contribution in [0.15, 0.2) is 42.5 Å². The zero-order chi connectivity index (χ0) is 16.4. The standard InChI is InChI=1S/C18H19NO3S/c1-11-7-8-16(23-11)13-9-14(13)18(22)19-15(10-17(20)21)12-5-3-2-4-6-12/h2-8,13-15H,9-10H2,1H3,(H,19,22)(H,20,21)/t13-,14-,15-/m0/s1. The van der Waals surface area contributed by atoms with E-state index in [1.165, 1.54) is 9.75 Å². The van der Waals surface area contributed by atoms with E-state index in [1.807, 2.05) is 30.3 Å². The normalized spacial score (nSPS) is 20.7. The zero-order valence-electron chi connectivity index (χ0n) is 12.9. The van der Waals surface area contributed by atoms with Gasteiger partial charge in [0.05, 0.1) is 12.5 Å². The molecule has 2 N–H and O–H groups in total. The summed E-state index contributed by atoms with van der Waals surface area (Å²) in [5.41, 5.74) is 0.826. The first-order chi connectivity index (χ1) is 11.0. The van der Waals surface area contributed by atoms with Gasteiger partial charge in [-0.3, -0.25) is 9.59 Å². The molecule has 0 spiro atoms. The lowest BCUT2D eigenvalue weighted by molar-refractivity contribution is -0.137. The Morgan fingerprint density at radius 3 is 2.61 bits per heavy atom. The van der Waals surface area contributed by atoms with Gasteiger partial charge in [0.1, 0.15) is 0 Å². The van der Waals surface area contributed by atoms with Crippen LogP contribution in [-0.2, 0) is 9.59 Å². The van der Waals surface area contributed by atoms with Crippen LogP contribution >= 0.6 is 11.3 Å². The van der Waals surface area contributed by atoms with Crippen molar-refractivity contribution in [2.45, 2.75) is 31.7 Å². The molecule has 1 saturated carbocycles. The van der Waals surface area contributed by atoms with Crippen molar-refractivity contribution in [2.75, 3.05) is 0 Å². The van der Waals surface area contributed by atoms with E-state index < -0.39 is 12.0 Å². The van der Waals surface area contributed by atoms with Gasteiger partial charge in [-0.15, -0.1) is 11.3 Å². The molecule has 4 nitrogen and oxygen atoms in total. The number of carboxylic acids is 1. The SMILES string of the molecule is Cc1ccc([C@H]2C[C@@H]2C(=O)N[C@@H](CC(=O)O)c2ccccc2)s1. The van der Waals surface area contributed by atoms with Crippen LogP contribution in [0.25, 0.3) is 0 Å². The molecule has 1 heterocycles. The number of amides is 1. The molecule has 3 atom stereocenters. The summed E-state index contributed by atoms with van der Waals surface area (Å²) in [6.07, 6.45) is 0.742. The molecule has 1 aliphatic rings. The highest BCUT2D eigenvalue weighted by Gasteiger charge is 2.45. The van der Waals surface area contributed by atoms with Crippen molar-refractivity contribution < 1.29 is 14.7 Å². The fourth-order valence-electron chi connectivity index (χ4n) is 2.84. The monoisotopic (exact) mass is 329 g/mol. The number of carboxylic acid groups (broad SMARTS) is 1. The highest BCUT2D eigenvalue weighted by molar-refractivity contribution is 7.12. The molecule has 2 aromatic rings. The molecule has 3 rings (SSSR count). The Morgan fingerprint density at radius 2 is 2.00 bits per heavy atom. The van der Waals surface area contributed by atoms with Crippen LogP contribution in [0, 0.1) is 12.8 Å². The quantitative estimate of drug-likeness (QED) is 0.852. The Bertz CT molecular complexity index is 710. The maximum atomic E-state index is 12.5. The first kappa shape index (κ1) is 15.7. The molecule has 0 aliphatic heterocycles. The predicted octanol–water partition coefficient (Wildman–Crippen LogP) is 3.49. The number of thiophene rings is 1. The summed E-state index contributed by atoms with van der Waals surface area (Å²) >= 11 is 1.73. The van der Waals surface area contributed by atoms with E-state index in [0.717, 1.165) is 12.0 Å². The van der Waals surface area contributed by atoms with E-state index in [0.29, 0.717) is 0 Å². The van der Waals surface area contributed by atoms with Gasteiger partial charge in [0.15, 0.2) is 0 Å². The van der Waals surface area contributed by atoms with Gasteiger partial charge in [0.2, 0.25) is 5.91 Å². The topological polar surface area (TPSA) is 66.4 Å². The van der Waals surface area contributed by atoms with Crippen molar-refractivity contribution in [3.8, 4) is 0 Å². The Kier molecular flexibility index (Phi) is 4.48. The third-order valence-electron chi connectivity index (χ3n) is 4.15. The van der Waals surface area contributed by atoms with Crippen molar-refractivity contribution in [2.24, 2.45) is 5.92 Å². The van der Waals surface area contributed by atoms with Gasteiger partial charge < -0.3 is 10.4 Å². The number of benzene rings is 1. The van der Waals surface area contributed by atoms with Gasteiger partial charge in [-0.25, -0.2) is 0 Å². The summed E-state index contributed by atoms with van der Waals surface area (Å²) < 4.78 is 0. The minimum absolute atomic E-state index is 0.0342. The summed E-state index contributed by atoms with van der Waals surface area (Å²) in [6.45, 7) is 2.06. The number of carbonyl (C=O) groups excluding carboxylic acids is 1. The highest BCUT2D eigenvalue weighted by atomic mass is 32.1. The second-order valence-corrected chi connectivity index (χ2v) is 7.29. The van der Waals surface area contributed by atoms with Crippen LogP contribution < -0.4 is 5.32 Å². The minimum atomic E-state index is -0.916. The van der Waals surface area contributed by atoms with Crippen LogP contribution in [0.5, 0.6) is 0 Å². The number of aliphatic carboxylic acids is 1. The number of rotatable bonds is 6. The fraction of sp³-hybridized carbons (Fsp3) is 0.333. The highest BCUT2D eigenvalue weighted by Crippen LogP contribution is 2.50. The average Bonchev–Trinajstić information content (AvgIpc) is 3.22. The summed E-state index contributed by atoms with van der Waals surface area (Å²) in [5, 5.41) is 12.0. The third kappa shape index (κ3) is 3.79. The first-order valence-electron chi connectivity index (χ1n) is 7.68. The second kappa shape index (κ2) is 6.54. The van der Waals surface area contributed by atoms with E-state index in [2.05, 4.69) is 24.4 Å². The van der Waals surface area contributed by atoms with Crippen LogP contribution in [0.2, 0.25) is 0 Å². The van der Waals surface area contributed by atoms with Gasteiger partial charge in [-0.05, 0) is 31.0 Å². The molecule has 0 radical (unpaired) electrons. The summed E-state index contributed by atoms with van der Waals surface area (Å²) in [5.74, 6) is -0.709. The van der Waals surface area contributed by atoms with Gasteiger partial charge in [0.25, 0.3) is 0 Å². The second-order valence-electron chi connectivity index (χ2n) is 5.97. The average molecular weight is 329 g/mol. The molecule has 120 valence electrons. The van der Waals surface area contributed by atoms with E-state index in [4.69, 9.17) is 5.11 Å². The molecule has 0 saturated heterocycles. The molecular formula is C18H19NO3S. The number of hydrogen-bond acceptors (Lipinski definition) is 3. The van der Waals surface area contributed by atoms with Crippen LogP contribution in [-0.4, -0.2) is 17.0 Å². The van der Waals surface area contributed by atoms with E-state index in [1.54, 1.807) is 11.3 Å². The van der Waals surface area contributed by atoms with E-state index in [9.17, 15) is 9.59 Å². The number of carbonyl (C=O) groups is 2. The lowest BCUT2D eigenvalue weighted by Crippen LogP contribution is -2.31. The molecule has 0 unspecified atom stereocenters. The molecule has 1 aliphatic carbocycles. The van der Waals surface area contributed by atoms with Crippen molar-refractivity contribution in [1.29, 1.82) is 0 Å². The van der Waals surface area contributed by atoms with Crippen LogP contribution in [0.4, 0.5) is 0 Å². The van der Waals surface area contributed by atoms with Crippen molar-refractivity contribution >= 4 is 23.2 Å². The van der Waals surface area contributed by atoms with Crippen molar-refractivity contribution in [3.05, 3.63) is 57.8 Å². The Hall–Kier alpha value is -2.14. The Morgan fingerprint density at radius 1 is 1.26 bits per heavy atom. The summed E-state index contributed by atoms with van der Waals surface area (Å²) in [4.78, 5) is 26.0. The third-order valence-corrected chi connectivity index (χ3v) is 5.28. The number of aryl methyl sites for hydroxylation is 1. The molecule has 1 amide bonds. The summed E-state index contributed by atoms with van der Waals surface area (Å²) in [6, 6.07) is 13.0. The number of hydrogen-bond donors (Lipinski definition) is 2. The van der Waals surface area contributed by atoms with Crippen molar-refractivity contribution in [3.63, 3.8) is 0 Å². The molecule has 1 aromatic heterocycles. The summed E-state index contributed by atoms with van der Waals surface area (Å²) in [7, 11) is 0. The van der Waals surface area contributed by atoms with Crippen molar-refractivity contribution in [1.82, 2.24) is 5.32 Å². The predicted molar refractivity (Wildman–Crippen MR) is 89.5 cm³/mol. The molecule has 1 fully saturated rings. The van der Waals surface area contributed by atoms with Gasteiger partial charge in [-0.2, -0.15) is 0 Å². The van der Waals surface area contributed by atoms with E-state index >= 15 is 0 Å². The Balaban J connectivity index is 1.66. The fourth-order valence-corrected chi connectivity index (χ4v) is 3.90. The largest absolute Gasteiger partial charge is 0.481 e. The lowest BCUT2D eigenvalue weighted by atomic mass is 10.0. The van der Waals surface area contributed by atoms with Gasteiger partial charge in [-0.1, -0.05) is 30.3 Å². The maximum absolute atomic E-state index is 12.5. The molecular weight excluding hydrogens is 310 g/mol. The molecule has 1 aromatic carbocycles. The van der Waals surface area contributed by atoms with Crippen LogP contribution in [0.3, 0.4) is 0 Å². The molecule has 5 heteroatoms. The van der Waals surface area contributed by atoms with Gasteiger partial charge in [0, 0.05) is 21.6 Å². The molecule has 23 heavy (non-hydrogen) atoms. The van der Waals surface area contributed by atoms with E-state index in [-0.39, 0.29) is 24.2 Å². The minimum Gasteiger partial charge on any atom is -0.481 e. The van der Waals surface area contributed by atoms with Crippen LogP contribution in [0.1, 0.15) is 40.1 Å².